The standard InChI is InChI=1S/C17H16ClFN2O2S/c18-15-5-4-14(24-15)17(23)21-8-6-20(7-9-21)16(22)11-12-2-1-3-13(19)10-12/h1-5,10H,6-9,11H2. The number of rotatable bonds is 3. The summed E-state index contributed by atoms with van der Waals surface area (Å²) in [5.41, 5.74) is 0.659. The zero-order valence-electron chi connectivity index (χ0n) is 12.9. The van der Waals surface area contributed by atoms with Gasteiger partial charge in [0, 0.05) is 26.2 Å². The van der Waals surface area contributed by atoms with Gasteiger partial charge in [-0.05, 0) is 29.8 Å². The maximum Gasteiger partial charge on any atom is 0.264 e. The van der Waals surface area contributed by atoms with E-state index in [4.69, 9.17) is 11.6 Å². The van der Waals surface area contributed by atoms with Crippen LogP contribution >= 0.6 is 22.9 Å². The van der Waals surface area contributed by atoms with E-state index < -0.39 is 0 Å². The summed E-state index contributed by atoms with van der Waals surface area (Å²) in [7, 11) is 0. The highest BCUT2D eigenvalue weighted by Crippen LogP contribution is 2.23. The van der Waals surface area contributed by atoms with E-state index in [1.165, 1.54) is 23.5 Å². The first-order chi connectivity index (χ1) is 11.5. The van der Waals surface area contributed by atoms with Crippen molar-refractivity contribution in [1.82, 2.24) is 9.80 Å². The Kier molecular flexibility index (Phi) is 5.16. The molecule has 3 rings (SSSR count). The van der Waals surface area contributed by atoms with Crippen molar-refractivity contribution in [2.45, 2.75) is 6.42 Å². The third-order valence-electron chi connectivity index (χ3n) is 3.95. The van der Waals surface area contributed by atoms with Crippen molar-refractivity contribution in [3.63, 3.8) is 0 Å². The van der Waals surface area contributed by atoms with Crippen LogP contribution in [0.15, 0.2) is 36.4 Å². The smallest absolute Gasteiger partial charge is 0.264 e. The molecule has 2 aromatic rings. The van der Waals surface area contributed by atoms with E-state index in [9.17, 15) is 14.0 Å². The number of carbonyl (C=O) groups excluding carboxylic acids is 2. The second-order valence-corrected chi connectivity index (χ2v) is 7.30. The Labute approximate surface area is 148 Å². The summed E-state index contributed by atoms with van der Waals surface area (Å²) in [6, 6.07) is 9.49. The number of carbonyl (C=O) groups is 2. The van der Waals surface area contributed by atoms with Crippen molar-refractivity contribution >= 4 is 34.8 Å². The van der Waals surface area contributed by atoms with Crippen LogP contribution in [0.5, 0.6) is 0 Å². The van der Waals surface area contributed by atoms with Crippen LogP contribution in [-0.4, -0.2) is 47.8 Å². The van der Waals surface area contributed by atoms with Gasteiger partial charge in [-0.1, -0.05) is 23.7 Å². The second-order valence-electron chi connectivity index (χ2n) is 5.58. The molecular weight excluding hydrogens is 351 g/mol. The van der Waals surface area contributed by atoms with Gasteiger partial charge in [0.05, 0.1) is 15.6 Å². The molecule has 0 unspecified atom stereocenters. The molecular formula is C17H16ClFN2O2S. The lowest BCUT2D eigenvalue weighted by atomic mass is 10.1. The van der Waals surface area contributed by atoms with Crippen molar-refractivity contribution in [3.8, 4) is 0 Å². The van der Waals surface area contributed by atoms with E-state index in [0.29, 0.717) is 41.0 Å². The van der Waals surface area contributed by atoms with Crippen LogP contribution in [-0.2, 0) is 11.2 Å². The quantitative estimate of drug-likeness (QED) is 0.837. The summed E-state index contributed by atoms with van der Waals surface area (Å²) in [5, 5.41) is 0. The molecule has 1 aromatic carbocycles. The molecule has 2 heterocycles. The largest absolute Gasteiger partial charge is 0.339 e. The molecule has 1 aliphatic rings. The van der Waals surface area contributed by atoms with Gasteiger partial charge in [0.2, 0.25) is 5.91 Å². The van der Waals surface area contributed by atoms with Crippen molar-refractivity contribution in [2.24, 2.45) is 0 Å². The third-order valence-corrected chi connectivity index (χ3v) is 5.17. The number of hydrogen-bond acceptors (Lipinski definition) is 3. The molecule has 24 heavy (non-hydrogen) atoms. The Morgan fingerprint density at radius 3 is 2.42 bits per heavy atom. The van der Waals surface area contributed by atoms with Gasteiger partial charge < -0.3 is 9.80 Å². The zero-order chi connectivity index (χ0) is 17.1. The summed E-state index contributed by atoms with van der Waals surface area (Å²) in [5.74, 6) is -0.443. The zero-order valence-corrected chi connectivity index (χ0v) is 14.4. The van der Waals surface area contributed by atoms with Crippen LogP contribution in [0.4, 0.5) is 4.39 Å². The lowest BCUT2D eigenvalue weighted by Crippen LogP contribution is -2.50. The highest BCUT2D eigenvalue weighted by Gasteiger charge is 2.25. The third kappa shape index (κ3) is 3.94. The molecule has 1 fully saturated rings. The molecule has 0 radical (unpaired) electrons. The molecule has 4 nitrogen and oxygen atoms in total. The molecule has 1 aliphatic heterocycles. The van der Waals surface area contributed by atoms with Gasteiger partial charge in [0.1, 0.15) is 5.82 Å². The van der Waals surface area contributed by atoms with Gasteiger partial charge in [0.15, 0.2) is 0 Å². The van der Waals surface area contributed by atoms with Gasteiger partial charge in [-0.15, -0.1) is 11.3 Å². The van der Waals surface area contributed by atoms with Crippen LogP contribution in [0, 0.1) is 5.82 Å². The summed E-state index contributed by atoms with van der Waals surface area (Å²) < 4.78 is 13.8. The maximum absolute atomic E-state index is 13.2. The van der Waals surface area contributed by atoms with Gasteiger partial charge in [0.25, 0.3) is 5.91 Å². The number of piperazine rings is 1. The maximum atomic E-state index is 13.2. The minimum absolute atomic E-state index is 0.0492. The normalized spacial score (nSPS) is 14.8. The SMILES string of the molecule is O=C(Cc1cccc(F)c1)N1CCN(C(=O)c2ccc(Cl)s2)CC1. The molecule has 1 aromatic heterocycles. The van der Waals surface area contributed by atoms with Gasteiger partial charge in [-0.2, -0.15) is 0 Å². The predicted octanol–water partition coefficient (Wildman–Crippen LogP) is 3.07. The van der Waals surface area contributed by atoms with E-state index in [-0.39, 0.29) is 24.1 Å². The molecule has 0 spiro atoms. The molecule has 1 saturated heterocycles. The van der Waals surface area contributed by atoms with Crippen LogP contribution < -0.4 is 0 Å². The summed E-state index contributed by atoms with van der Waals surface area (Å²) in [6.45, 7) is 1.95. The Morgan fingerprint density at radius 1 is 1.08 bits per heavy atom. The summed E-state index contributed by atoms with van der Waals surface area (Å²) in [6.07, 6.45) is 0.173. The van der Waals surface area contributed by atoms with Crippen LogP contribution in [0.25, 0.3) is 0 Å². The Bertz CT molecular complexity index is 757. The number of hydrogen-bond donors (Lipinski definition) is 0. The number of thiophene rings is 1. The first-order valence-electron chi connectivity index (χ1n) is 7.60. The molecule has 0 bridgehead atoms. The summed E-state index contributed by atoms with van der Waals surface area (Å²) in [4.78, 5) is 28.7. The number of nitrogens with zero attached hydrogens (tertiary/aromatic N) is 2. The molecule has 0 atom stereocenters. The van der Waals surface area contributed by atoms with Crippen molar-refractivity contribution in [3.05, 3.63) is 57.0 Å². The highest BCUT2D eigenvalue weighted by atomic mass is 35.5. The predicted molar refractivity (Wildman–Crippen MR) is 91.9 cm³/mol. The number of halogens is 2. The minimum Gasteiger partial charge on any atom is -0.339 e. The summed E-state index contributed by atoms with van der Waals surface area (Å²) >= 11 is 7.12. The average Bonchev–Trinajstić information content (AvgIpc) is 3.01. The molecule has 7 heteroatoms. The molecule has 2 amide bonds. The van der Waals surface area contributed by atoms with E-state index in [2.05, 4.69) is 0 Å². The van der Waals surface area contributed by atoms with E-state index in [1.807, 2.05) is 0 Å². The Balaban J connectivity index is 1.54. The van der Waals surface area contributed by atoms with Crippen LogP contribution in [0.1, 0.15) is 15.2 Å². The average molecular weight is 367 g/mol. The van der Waals surface area contributed by atoms with E-state index >= 15 is 0 Å². The lowest BCUT2D eigenvalue weighted by molar-refractivity contribution is -0.131. The van der Waals surface area contributed by atoms with Crippen molar-refractivity contribution < 1.29 is 14.0 Å². The topological polar surface area (TPSA) is 40.6 Å². The Morgan fingerprint density at radius 2 is 1.79 bits per heavy atom. The number of amides is 2. The van der Waals surface area contributed by atoms with Crippen LogP contribution in [0.2, 0.25) is 4.34 Å². The van der Waals surface area contributed by atoms with E-state index in [0.717, 1.165) is 0 Å². The van der Waals surface area contributed by atoms with Gasteiger partial charge >= 0.3 is 0 Å². The highest BCUT2D eigenvalue weighted by molar-refractivity contribution is 7.17. The molecule has 126 valence electrons. The van der Waals surface area contributed by atoms with Crippen LogP contribution in [0.3, 0.4) is 0 Å². The number of benzene rings is 1. The first-order valence-corrected chi connectivity index (χ1v) is 8.79. The fraction of sp³-hybridized carbons (Fsp3) is 0.294. The van der Waals surface area contributed by atoms with Crippen molar-refractivity contribution in [2.75, 3.05) is 26.2 Å². The fourth-order valence-corrected chi connectivity index (χ4v) is 3.69. The Hall–Kier alpha value is -1.92. The molecule has 0 aliphatic carbocycles. The first kappa shape index (κ1) is 16.9. The van der Waals surface area contributed by atoms with Gasteiger partial charge in [-0.3, -0.25) is 9.59 Å². The van der Waals surface area contributed by atoms with E-state index in [1.54, 1.807) is 34.1 Å². The molecule has 0 N–H and O–H groups in total. The van der Waals surface area contributed by atoms with Crippen molar-refractivity contribution in [1.29, 1.82) is 0 Å². The molecule has 0 saturated carbocycles. The minimum atomic E-state index is -0.342. The second kappa shape index (κ2) is 7.32. The fourth-order valence-electron chi connectivity index (χ4n) is 2.68. The van der Waals surface area contributed by atoms with Gasteiger partial charge in [-0.25, -0.2) is 4.39 Å². The monoisotopic (exact) mass is 366 g/mol. The lowest BCUT2D eigenvalue weighted by Gasteiger charge is -2.34.